The van der Waals surface area contributed by atoms with Crippen LogP contribution in [0.4, 0.5) is 0 Å². The third kappa shape index (κ3) is 1.97. The quantitative estimate of drug-likeness (QED) is 0.890. The first-order chi connectivity index (χ1) is 8.78. The van der Waals surface area contributed by atoms with Crippen LogP contribution in [0.5, 0.6) is 5.75 Å². The molecule has 1 aliphatic rings. The summed E-state index contributed by atoms with van der Waals surface area (Å²) in [5.74, 6) is 1.58. The Morgan fingerprint density at radius 3 is 2.50 bits per heavy atom. The fourth-order valence-corrected chi connectivity index (χ4v) is 2.65. The predicted octanol–water partition coefficient (Wildman–Crippen LogP) is 3.65. The summed E-state index contributed by atoms with van der Waals surface area (Å²) in [5.41, 5.74) is 7.58. The Morgan fingerprint density at radius 2 is 1.83 bits per heavy atom. The minimum Gasteiger partial charge on any atom is -0.497 e. The van der Waals surface area contributed by atoms with Crippen molar-refractivity contribution in [2.75, 3.05) is 7.11 Å². The largest absolute Gasteiger partial charge is 0.497 e. The van der Waals surface area contributed by atoms with Gasteiger partial charge >= 0.3 is 0 Å². The van der Waals surface area contributed by atoms with Gasteiger partial charge in [0.2, 0.25) is 0 Å². The molecule has 2 heteroatoms. The van der Waals surface area contributed by atoms with Crippen LogP contribution >= 0.6 is 0 Å². The van der Waals surface area contributed by atoms with Gasteiger partial charge in [0.05, 0.1) is 7.11 Å². The van der Waals surface area contributed by atoms with Gasteiger partial charge in [0.15, 0.2) is 0 Å². The lowest BCUT2D eigenvalue weighted by molar-refractivity contribution is 0.264. The zero-order valence-corrected chi connectivity index (χ0v) is 10.7. The van der Waals surface area contributed by atoms with Crippen molar-refractivity contribution in [3.63, 3.8) is 0 Å². The molecule has 1 aliphatic carbocycles. The highest BCUT2D eigenvalue weighted by Gasteiger charge is 2.25. The molecule has 0 bridgehead atoms. The van der Waals surface area contributed by atoms with E-state index in [0.717, 1.165) is 5.75 Å². The van der Waals surface area contributed by atoms with E-state index in [-0.39, 0.29) is 6.04 Å². The Hall–Kier alpha value is -1.54. The zero-order valence-electron chi connectivity index (χ0n) is 10.7. The van der Waals surface area contributed by atoms with Gasteiger partial charge in [0.25, 0.3) is 0 Å². The van der Waals surface area contributed by atoms with Crippen molar-refractivity contribution in [3.8, 4) is 5.75 Å². The molecule has 0 spiro atoms. The molecular formula is C16H19NO. The Kier molecular flexibility index (Phi) is 2.96. The molecule has 1 fully saturated rings. The van der Waals surface area contributed by atoms with Crippen molar-refractivity contribution in [1.29, 1.82) is 0 Å². The number of rotatable bonds is 3. The maximum atomic E-state index is 6.32. The van der Waals surface area contributed by atoms with Gasteiger partial charge in [-0.15, -0.1) is 0 Å². The van der Waals surface area contributed by atoms with Crippen LogP contribution in [0.25, 0.3) is 10.8 Å². The summed E-state index contributed by atoms with van der Waals surface area (Å²) in [5, 5.41) is 2.45. The molecule has 0 heterocycles. The highest BCUT2D eigenvalue weighted by molar-refractivity contribution is 5.84. The fourth-order valence-electron chi connectivity index (χ4n) is 2.65. The normalized spacial score (nSPS) is 17.4. The van der Waals surface area contributed by atoms with E-state index >= 15 is 0 Å². The summed E-state index contributed by atoms with van der Waals surface area (Å²) in [6.07, 6.45) is 3.90. The lowest BCUT2D eigenvalue weighted by atomic mass is 9.77. The third-order valence-electron chi connectivity index (χ3n) is 4.11. The molecule has 18 heavy (non-hydrogen) atoms. The number of hydrogen-bond donors (Lipinski definition) is 1. The third-order valence-corrected chi connectivity index (χ3v) is 4.11. The molecule has 0 saturated heterocycles. The Balaban J connectivity index is 1.95. The van der Waals surface area contributed by atoms with Crippen LogP contribution < -0.4 is 10.5 Å². The number of fused-ring (bicyclic) bond motifs is 1. The van der Waals surface area contributed by atoms with Crippen LogP contribution in [0, 0.1) is 5.92 Å². The van der Waals surface area contributed by atoms with Crippen molar-refractivity contribution < 1.29 is 4.74 Å². The van der Waals surface area contributed by atoms with E-state index < -0.39 is 0 Å². The van der Waals surface area contributed by atoms with Crippen molar-refractivity contribution in [1.82, 2.24) is 0 Å². The Labute approximate surface area is 108 Å². The van der Waals surface area contributed by atoms with E-state index in [1.54, 1.807) is 7.11 Å². The summed E-state index contributed by atoms with van der Waals surface area (Å²) in [7, 11) is 1.70. The standard InChI is InChI=1S/C16H19NO/c1-18-15-8-7-12-9-14(6-5-13(12)10-15)16(17)11-3-2-4-11/h5-11,16H,2-4,17H2,1H3/t16-/m0/s1. The van der Waals surface area contributed by atoms with Gasteiger partial charge in [-0.1, -0.05) is 24.6 Å². The molecular weight excluding hydrogens is 222 g/mol. The molecule has 2 aromatic rings. The molecule has 3 rings (SSSR count). The van der Waals surface area contributed by atoms with Gasteiger partial charge in [-0.25, -0.2) is 0 Å². The predicted molar refractivity (Wildman–Crippen MR) is 74.8 cm³/mol. The Bertz CT molecular complexity index is 560. The second-order valence-corrected chi connectivity index (χ2v) is 5.19. The highest BCUT2D eigenvalue weighted by atomic mass is 16.5. The summed E-state index contributed by atoms with van der Waals surface area (Å²) >= 11 is 0. The van der Waals surface area contributed by atoms with Crippen LogP contribution in [0.3, 0.4) is 0 Å². The molecule has 2 N–H and O–H groups in total. The summed E-state index contributed by atoms with van der Waals surface area (Å²) in [6.45, 7) is 0. The summed E-state index contributed by atoms with van der Waals surface area (Å²) < 4.78 is 5.24. The van der Waals surface area contributed by atoms with Gasteiger partial charge in [0.1, 0.15) is 5.75 Å². The molecule has 2 aromatic carbocycles. The molecule has 1 atom stereocenters. The van der Waals surface area contributed by atoms with E-state index in [1.807, 2.05) is 6.07 Å². The molecule has 0 aliphatic heterocycles. The lowest BCUT2D eigenvalue weighted by Crippen LogP contribution is -2.26. The molecule has 0 radical (unpaired) electrons. The average Bonchev–Trinajstić information content (AvgIpc) is 2.35. The van der Waals surface area contributed by atoms with E-state index in [0.29, 0.717) is 5.92 Å². The lowest BCUT2D eigenvalue weighted by Gasteiger charge is -2.31. The van der Waals surface area contributed by atoms with Gasteiger partial charge in [-0.05, 0) is 53.3 Å². The van der Waals surface area contributed by atoms with Crippen molar-refractivity contribution in [2.24, 2.45) is 11.7 Å². The van der Waals surface area contributed by atoms with Gasteiger partial charge in [-0.3, -0.25) is 0 Å². The fraction of sp³-hybridized carbons (Fsp3) is 0.375. The number of hydrogen-bond acceptors (Lipinski definition) is 2. The van der Waals surface area contributed by atoms with Gasteiger partial charge in [0, 0.05) is 6.04 Å². The van der Waals surface area contributed by atoms with Crippen molar-refractivity contribution in [2.45, 2.75) is 25.3 Å². The molecule has 0 amide bonds. The second-order valence-electron chi connectivity index (χ2n) is 5.19. The highest BCUT2D eigenvalue weighted by Crippen LogP contribution is 2.37. The monoisotopic (exact) mass is 241 g/mol. The number of ether oxygens (including phenoxy) is 1. The second kappa shape index (κ2) is 4.62. The van der Waals surface area contributed by atoms with E-state index in [2.05, 4.69) is 30.3 Å². The van der Waals surface area contributed by atoms with Gasteiger partial charge in [-0.2, -0.15) is 0 Å². The summed E-state index contributed by atoms with van der Waals surface area (Å²) in [6, 6.07) is 12.9. The molecule has 0 aromatic heterocycles. The SMILES string of the molecule is COc1ccc2cc([C@@H](N)C3CCC3)ccc2c1. The van der Waals surface area contributed by atoms with E-state index in [4.69, 9.17) is 10.5 Å². The number of methoxy groups -OCH3 is 1. The van der Waals surface area contributed by atoms with Crippen LogP contribution in [-0.2, 0) is 0 Å². The summed E-state index contributed by atoms with van der Waals surface area (Å²) in [4.78, 5) is 0. The topological polar surface area (TPSA) is 35.2 Å². The van der Waals surface area contributed by atoms with E-state index in [1.165, 1.54) is 35.6 Å². The minimum atomic E-state index is 0.199. The van der Waals surface area contributed by atoms with Crippen molar-refractivity contribution >= 4 is 10.8 Å². The molecule has 2 nitrogen and oxygen atoms in total. The number of benzene rings is 2. The molecule has 0 unspecified atom stereocenters. The maximum Gasteiger partial charge on any atom is 0.119 e. The first-order valence-corrected chi connectivity index (χ1v) is 6.61. The van der Waals surface area contributed by atoms with Crippen LogP contribution in [0.2, 0.25) is 0 Å². The molecule has 94 valence electrons. The Morgan fingerprint density at radius 1 is 1.11 bits per heavy atom. The smallest absolute Gasteiger partial charge is 0.119 e. The molecule has 1 saturated carbocycles. The van der Waals surface area contributed by atoms with Crippen LogP contribution in [-0.4, -0.2) is 7.11 Å². The number of nitrogens with two attached hydrogens (primary N) is 1. The van der Waals surface area contributed by atoms with Gasteiger partial charge < -0.3 is 10.5 Å². The van der Waals surface area contributed by atoms with Crippen molar-refractivity contribution in [3.05, 3.63) is 42.0 Å². The average molecular weight is 241 g/mol. The van der Waals surface area contributed by atoms with E-state index in [9.17, 15) is 0 Å². The first-order valence-electron chi connectivity index (χ1n) is 6.61. The zero-order chi connectivity index (χ0) is 12.5. The van der Waals surface area contributed by atoms with Crippen LogP contribution in [0.15, 0.2) is 36.4 Å². The van der Waals surface area contributed by atoms with Crippen LogP contribution in [0.1, 0.15) is 30.9 Å². The minimum absolute atomic E-state index is 0.199. The first kappa shape index (κ1) is 11.5. The maximum absolute atomic E-state index is 6.32.